The van der Waals surface area contributed by atoms with Gasteiger partial charge in [-0.1, -0.05) is 48.6 Å². The van der Waals surface area contributed by atoms with Crippen LogP contribution in [0.1, 0.15) is 12.0 Å². The average Bonchev–Trinajstić information content (AvgIpc) is 2.41. The zero-order valence-electron chi connectivity index (χ0n) is 9.54. The maximum Gasteiger partial charge on any atom is 0.237 e. The lowest BCUT2D eigenvalue weighted by atomic mass is 9.87. The standard InChI is InChI=1S/C14H10N2O2/c17-10-15-14(16-11-18)9-5-4-8-13(14)12-6-2-1-3-7-12/h1-8H,9H2. The van der Waals surface area contributed by atoms with Crippen LogP contribution in [0.4, 0.5) is 0 Å². The van der Waals surface area contributed by atoms with E-state index in [1.807, 2.05) is 36.4 Å². The van der Waals surface area contributed by atoms with Crippen LogP contribution in [-0.2, 0) is 9.59 Å². The quantitative estimate of drug-likeness (QED) is 0.599. The van der Waals surface area contributed by atoms with E-state index in [1.165, 1.54) is 12.2 Å². The molecule has 0 N–H and O–H groups in total. The number of hydrogen-bond donors (Lipinski definition) is 0. The molecule has 88 valence electrons. The van der Waals surface area contributed by atoms with E-state index in [0.29, 0.717) is 12.0 Å². The van der Waals surface area contributed by atoms with Gasteiger partial charge in [0.2, 0.25) is 17.8 Å². The van der Waals surface area contributed by atoms with E-state index in [4.69, 9.17) is 0 Å². The van der Waals surface area contributed by atoms with Crippen molar-refractivity contribution in [1.29, 1.82) is 0 Å². The molecule has 2 rings (SSSR count). The first-order valence-electron chi connectivity index (χ1n) is 5.43. The summed E-state index contributed by atoms with van der Waals surface area (Å²) in [5.74, 6) is 0. The van der Waals surface area contributed by atoms with Crippen LogP contribution < -0.4 is 0 Å². The number of allylic oxidation sites excluding steroid dienone is 2. The largest absolute Gasteiger partial charge is 0.237 e. The first-order chi connectivity index (χ1) is 8.82. The average molecular weight is 238 g/mol. The Morgan fingerprint density at radius 2 is 1.72 bits per heavy atom. The summed E-state index contributed by atoms with van der Waals surface area (Å²) in [4.78, 5) is 28.6. The molecular weight excluding hydrogens is 228 g/mol. The van der Waals surface area contributed by atoms with Crippen molar-refractivity contribution in [2.45, 2.75) is 12.1 Å². The highest BCUT2D eigenvalue weighted by atomic mass is 16.1. The fourth-order valence-electron chi connectivity index (χ4n) is 1.97. The molecule has 0 fully saturated rings. The van der Waals surface area contributed by atoms with Crippen molar-refractivity contribution in [3.8, 4) is 0 Å². The molecule has 18 heavy (non-hydrogen) atoms. The summed E-state index contributed by atoms with van der Waals surface area (Å²) < 4.78 is 0. The normalized spacial score (nSPS) is 21.4. The van der Waals surface area contributed by atoms with Gasteiger partial charge in [0.05, 0.1) is 0 Å². The molecule has 0 saturated heterocycles. The van der Waals surface area contributed by atoms with Crippen molar-refractivity contribution in [2.75, 3.05) is 0 Å². The second kappa shape index (κ2) is 5.19. The molecule has 1 aromatic carbocycles. The summed E-state index contributed by atoms with van der Waals surface area (Å²) in [5.41, 5.74) is 0.330. The first-order valence-corrected chi connectivity index (χ1v) is 5.43. The van der Waals surface area contributed by atoms with Crippen molar-refractivity contribution < 1.29 is 9.59 Å². The first kappa shape index (κ1) is 11.9. The third kappa shape index (κ3) is 2.11. The van der Waals surface area contributed by atoms with Crippen LogP contribution in [-0.4, -0.2) is 17.8 Å². The van der Waals surface area contributed by atoms with Gasteiger partial charge in [-0.2, -0.15) is 9.98 Å². The number of hydrogen-bond acceptors (Lipinski definition) is 4. The topological polar surface area (TPSA) is 58.9 Å². The zero-order valence-corrected chi connectivity index (χ0v) is 9.54. The lowest BCUT2D eigenvalue weighted by Crippen LogP contribution is -2.26. The Morgan fingerprint density at radius 1 is 1.06 bits per heavy atom. The second-order valence-corrected chi connectivity index (χ2v) is 3.80. The van der Waals surface area contributed by atoms with Crippen molar-refractivity contribution in [2.24, 2.45) is 9.98 Å². The molecule has 0 spiro atoms. The third-order valence-corrected chi connectivity index (χ3v) is 2.78. The van der Waals surface area contributed by atoms with Crippen LogP contribution in [0.15, 0.2) is 58.5 Å². The van der Waals surface area contributed by atoms with Crippen LogP contribution in [0.3, 0.4) is 0 Å². The van der Waals surface area contributed by atoms with Crippen molar-refractivity contribution >= 4 is 17.7 Å². The zero-order chi connectivity index (χ0) is 12.8. The maximum absolute atomic E-state index is 10.6. The number of isocyanates is 2. The minimum absolute atomic E-state index is 0.345. The van der Waals surface area contributed by atoms with Gasteiger partial charge in [-0.05, 0) is 5.56 Å². The molecule has 0 aliphatic heterocycles. The summed E-state index contributed by atoms with van der Waals surface area (Å²) in [5, 5.41) is 0. The molecule has 4 nitrogen and oxygen atoms in total. The molecule has 1 aromatic rings. The molecule has 1 aliphatic carbocycles. The van der Waals surface area contributed by atoms with Gasteiger partial charge >= 0.3 is 0 Å². The summed E-state index contributed by atoms with van der Waals surface area (Å²) in [6, 6.07) is 9.38. The third-order valence-electron chi connectivity index (χ3n) is 2.78. The van der Waals surface area contributed by atoms with E-state index in [2.05, 4.69) is 9.98 Å². The fraction of sp³-hybridized carbons (Fsp3) is 0.143. The smallest absolute Gasteiger partial charge is 0.211 e. The van der Waals surface area contributed by atoms with E-state index >= 15 is 0 Å². The molecule has 0 unspecified atom stereocenters. The lowest BCUT2D eigenvalue weighted by molar-refractivity contribution is 0.522. The van der Waals surface area contributed by atoms with Gasteiger partial charge in [-0.3, -0.25) is 0 Å². The summed E-state index contributed by atoms with van der Waals surface area (Å²) >= 11 is 0. The molecule has 1 aliphatic rings. The van der Waals surface area contributed by atoms with Gasteiger partial charge in [0.15, 0.2) is 0 Å². The molecule has 0 saturated carbocycles. The van der Waals surface area contributed by atoms with Crippen LogP contribution in [0.5, 0.6) is 0 Å². The molecule has 4 heteroatoms. The Morgan fingerprint density at radius 3 is 2.33 bits per heavy atom. The van der Waals surface area contributed by atoms with Crippen LogP contribution in [0.25, 0.3) is 5.57 Å². The number of carbonyl (C=O) groups excluding carboxylic acids is 2. The van der Waals surface area contributed by atoms with Crippen molar-refractivity contribution in [3.63, 3.8) is 0 Å². The predicted molar refractivity (Wildman–Crippen MR) is 67.2 cm³/mol. The van der Waals surface area contributed by atoms with E-state index < -0.39 is 5.66 Å². The minimum Gasteiger partial charge on any atom is -0.211 e. The van der Waals surface area contributed by atoms with E-state index in [0.717, 1.165) is 5.56 Å². The van der Waals surface area contributed by atoms with Gasteiger partial charge in [0.25, 0.3) is 0 Å². The van der Waals surface area contributed by atoms with Crippen molar-refractivity contribution in [1.82, 2.24) is 0 Å². The van der Waals surface area contributed by atoms with Gasteiger partial charge in [-0.25, -0.2) is 9.59 Å². The Bertz CT molecular complexity index is 571. The highest BCUT2D eigenvalue weighted by molar-refractivity contribution is 5.77. The van der Waals surface area contributed by atoms with Crippen molar-refractivity contribution in [3.05, 3.63) is 54.1 Å². The van der Waals surface area contributed by atoms with Gasteiger partial charge in [-0.15, -0.1) is 0 Å². The summed E-state index contributed by atoms with van der Waals surface area (Å²) in [7, 11) is 0. The van der Waals surface area contributed by atoms with E-state index in [1.54, 1.807) is 12.2 Å². The minimum atomic E-state index is -1.22. The lowest BCUT2D eigenvalue weighted by Gasteiger charge is -2.26. The van der Waals surface area contributed by atoms with Gasteiger partial charge in [0.1, 0.15) is 0 Å². The molecule has 0 heterocycles. The fourth-order valence-corrected chi connectivity index (χ4v) is 1.97. The molecule has 0 aromatic heterocycles. The Balaban J connectivity index is 2.60. The second-order valence-electron chi connectivity index (χ2n) is 3.80. The SMILES string of the molecule is O=C=NC1(N=C=O)CC=CC=C1c1ccccc1. The summed E-state index contributed by atoms with van der Waals surface area (Å²) in [6.07, 6.45) is 8.77. The molecule has 0 amide bonds. The maximum atomic E-state index is 10.6. The van der Waals surface area contributed by atoms with Crippen LogP contribution in [0.2, 0.25) is 0 Å². The van der Waals surface area contributed by atoms with Crippen LogP contribution in [0, 0.1) is 0 Å². The number of nitrogens with zero attached hydrogens (tertiary/aromatic N) is 2. The number of rotatable bonds is 3. The van der Waals surface area contributed by atoms with E-state index in [9.17, 15) is 9.59 Å². The van der Waals surface area contributed by atoms with E-state index in [-0.39, 0.29) is 0 Å². The molecular formula is C14H10N2O2. The monoisotopic (exact) mass is 238 g/mol. The Labute approximate surface area is 104 Å². The Hall–Kier alpha value is -2.54. The number of aliphatic imine (C=N–C) groups is 2. The predicted octanol–water partition coefficient (Wildman–Crippen LogP) is 2.40. The number of benzene rings is 1. The molecule has 0 bridgehead atoms. The van der Waals surface area contributed by atoms with Gasteiger partial charge < -0.3 is 0 Å². The molecule has 0 atom stereocenters. The van der Waals surface area contributed by atoms with Gasteiger partial charge in [0, 0.05) is 12.0 Å². The highest BCUT2D eigenvalue weighted by Gasteiger charge is 2.35. The summed E-state index contributed by atoms with van der Waals surface area (Å²) in [6.45, 7) is 0. The van der Waals surface area contributed by atoms with Crippen LogP contribution >= 0.6 is 0 Å². The molecule has 0 radical (unpaired) electrons. The Kier molecular flexibility index (Phi) is 3.44. The highest BCUT2D eigenvalue weighted by Crippen LogP contribution is 2.37.